The molecule has 34 heavy (non-hydrogen) atoms. The minimum atomic E-state index is -4.96. The molecule has 12 heteroatoms. The zero-order valence-electron chi connectivity index (χ0n) is 18.3. The SMILES string of the molecule is N#Cc1ccc(CNC(=O)C2CCCN(C(=O)C3(NC(=O)O)CCCC3)C2)c(OC(F)(F)F)c1. The number of likely N-dealkylation sites (tertiary alicyclic amines) is 1. The maximum Gasteiger partial charge on any atom is 0.573 e. The fourth-order valence-corrected chi connectivity index (χ4v) is 4.57. The van der Waals surface area contributed by atoms with Crippen LogP contribution in [0.2, 0.25) is 0 Å². The molecule has 3 amide bonds. The predicted molar refractivity (Wildman–Crippen MR) is 111 cm³/mol. The van der Waals surface area contributed by atoms with Crippen LogP contribution in [0.25, 0.3) is 0 Å². The molecule has 3 rings (SSSR count). The Morgan fingerprint density at radius 1 is 1.24 bits per heavy atom. The van der Waals surface area contributed by atoms with E-state index in [2.05, 4.69) is 15.4 Å². The van der Waals surface area contributed by atoms with E-state index in [9.17, 15) is 32.7 Å². The predicted octanol–water partition coefficient (Wildman–Crippen LogP) is 2.89. The molecule has 2 fully saturated rings. The number of benzene rings is 1. The van der Waals surface area contributed by atoms with E-state index in [1.807, 2.05) is 0 Å². The molecule has 1 aromatic carbocycles. The number of alkyl halides is 3. The Hall–Kier alpha value is -3.49. The van der Waals surface area contributed by atoms with Crippen molar-refractivity contribution in [1.29, 1.82) is 5.26 Å². The highest BCUT2D eigenvalue weighted by molar-refractivity contribution is 5.90. The first kappa shape index (κ1) is 25.1. The van der Waals surface area contributed by atoms with Gasteiger partial charge in [0.15, 0.2) is 0 Å². The summed E-state index contributed by atoms with van der Waals surface area (Å²) in [6.07, 6.45) is -3.00. The summed E-state index contributed by atoms with van der Waals surface area (Å²) in [6.45, 7) is 0.225. The lowest BCUT2D eigenvalue weighted by molar-refractivity contribution is -0.274. The lowest BCUT2D eigenvalue weighted by Gasteiger charge is -2.38. The van der Waals surface area contributed by atoms with Crippen molar-refractivity contribution < 1.29 is 37.4 Å². The van der Waals surface area contributed by atoms with E-state index in [0.29, 0.717) is 32.2 Å². The third-order valence-electron chi connectivity index (χ3n) is 6.17. The van der Waals surface area contributed by atoms with Crippen LogP contribution in [-0.4, -0.2) is 52.9 Å². The van der Waals surface area contributed by atoms with Gasteiger partial charge in [0.25, 0.3) is 0 Å². The fourth-order valence-electron chi connectivity index (χ4n) is 4.57. The maximum atomic E-state index is 13.2. The summed E-state index contributed by atoms with van der Waals surface area (Å²) in [7, 11) is 0. The molecule has 1 atom stereocenters. The van der Waals surface area contributed by atoms with Gasteiger partial charge in [0, 0.05) is 25.2 Å². The summed E-state index contributed by atoms with van der Waals surface area (Å²) in [5.41, 5.74) is -1.16. The van der Waals surface area contributed by atoms with Gasteiger partial charge < -0.3 is 25.4 Å². The number of piperidine rings is 1. The number of amides is 3. The molecule has 1 aromatic rings. The summed E-state index contributed by atoms with van der Waals surface area (Å²) in [4.78, 5) is 38.7. The van der Waals surface area contributed by atoms with Crippen LogP contribution < -0.4 is 15.4 Å². The molecular formula is C22H25F3N4O5. The second-order valence-electron chi connectivity index (χ2n) is 8.51. The molecule has 3 N–H and O–H groups in total. The molecule has 0 radical (unpaired) electrons. The molecule has 1 aliphatic carbocycles. The van der Waals surface area contributed by atoms with Crippen LogP contribution in [0.4, 0.5) is 18.0 Å². The number of rotatable bonds is 6. The van der Waals surface area contributed by atoms with Crippen LogP contribution in [0.5, 0.6) is 5.75 Å². The number of carbonyl (C=O) groups is 3. The zero-order valence-corrected chi connectivity index (χ0v) is 18.3. The largest absolute Gasteiger partial charge is 0.573 e. The summed E-state index contributed by atoms with van der Waals surface area (Å²) in [5.74, 6) is -1.95. The van der Waals surface area contributed by atoms with Gasteiger partial charge in [0.2, 0.25) is 11.8 Å². The smallest absolute Gasteiger partial charge is 0.465 e. The third kappa shape index (κ3) is 6.09. The molecule has 1 heterocycles. The van der Waals surface area contributed by atoms with Crippen LogP contribution in [0, 0.1) is 17.2 Å². The van der Waals surface area contributed by atoms with E-state index in [-0.39, 0.29) is 30.1 Å². The van der Waals surface area contributed by atoms with Gasteiger partial charge in [-0.2, -0.15) is 5.26 Å². The number of ether oxygens (including phenoxy) is 1. The standard InChI is InChI=1S/C22H25F3N4O5/c23-22(24,25)34-17-10-14(11-26)5-6-15(17)12-27-18(30)16-4-3-9-29(13-16)19(31)21(28-20(32)33)7-1-2-8-21/h5-6,10,16,28H,1-4,7-9,12-13H2,(H,27,30)(H,32,33). The molecule has 1 saturated heterocycles. The van der Waals surface area contributed by atoms with Gasteiger partial charge >= 0.3 is 12.5 Å². The van der Waals surface area contributed by atoms with Gasteiger partial charge in [-0.05, 0) is 37.8 Å². The second kappa shape index (κ2) is 10.2. The van der Waals surface area contributed by atoms with Crippen molar-refractivity contribution in [3.05, 3.63) is 29.3 Å². The normalized spacial score (nSPS) is 19.7. The number of carbonyl (C=O) groups excluding carboxylic acids is 2. The van der Waals surface area contributed by atoms with E-state index < -0.39 is 35.6 Å². The molecule has 1 unspecified atom stereocenters. The van der Waals surface area contributed by atoms with Crippen molar-refractivity contribution in [3.8, 4) is 11.8 Å². The Bertz CT molecular complexity index is 986. The van der Waals surface area contributed by atoms with Gasteiger partial charge in [-0.1, -0.05) is 18.9 Å². The van der Waals surface area contributed by atoms with E-state index in [4.69, 9.17) is 5.26 Å². The molecule has 2 aliphatic rings. The third-order valence-corrected chi connectivity index (χ3v) is 6.17. The molecule has 9 nitrogen and oxygen atoms in total. The first-order valence-electron chi connectivity index (χ1n) is 10.9. The number of halogens is 3. The van der Waals surface area contributed by atoms with E-state index in [1.54, 1.807) is 6.07 Å². The fraction of sp³-hybridized carbons (Fsp3) is 0.545. The molecule has 0 bridgehead atoms. The molecule has 0 spiro atoms. The van der Waals surface area contributed by atoms with Crippen LogP contribution >= 0.6 is 0 Å². The van der Waals surface area contributed by atoms with Gasteiger partial charge in [-0.15, -0.1) is 13.2 Å². The average Bonchev–Trinajstić information content (AvgIpc) is 3.25. The van der Waals surface area contributed by atoms with Crippen molar-refractivity contribution in [3.63, 3.8) is 0 Å². The van der Waals surface area contributed by atoms with E-state index >= 15 is 0 Å². The van der Waals surface area contributed by atoms with Crippen molar-refractivity contribution in [1.82, 2.24) is 15.5 Å². The van der Waals surface area contributed by atoms with Crippen LogP contribution in [-0.2, 0) is 16.1 Å². The first-order chi connectivity index (χ1) is 16.0. The maximum absolute atomic E-state index is 13.2. The number of carboxylic acid groups (broad SMARTS) is 1. The van der Waals surface area contributed by atoms with E-state index in [1.165, 1.54) is 17.0 Å². The van der Waals surface area contributed by atoms with Crippen molar-refractivity contribution in [2.24, 2.45) is 5.92 Å². The topological polar surface area (TPSA) is 132 Å². The lowest BCUT2D eigenvalue weighted by Crippen LogP contribution is -2.60. The number of nitrogens with one attached hydrogen (secondary N) is 2. The second-order valence-corrected chi connectivity index (χ2v) is 8.51. The Morgan fingerprint density at radius 2 is 1.94 bits per heavy atom. The van der Waals surface area contributed by atoms with Gasteiger partial charge in [0.1, 0.15) is 11.3 Å². The van der Waals surface area contributed by atoms with Crippen LogP contribution in [0.15, 0.2) is 18.2 Å². The van der Waals surface area contributed by atoms with Crippen LogP contribution in [0.3, 0.4) is 0 Å². The molecule has 184 valence electrons. The van der Waals surface area contributed by atoms with Crippen molar-refractivity contribution >= 4 is 17.9 Å². The Labute approximate surface area is 193 Å². The highest BCUT2D eigenvalue weighted by Crippen LogP contribution is 2.33. The highest BCUT2D eigenvalue weighted by Gasteiger charge is 2.46. The minimum absolute atomic E-state index is 0.0217. The number of nitrogens with zero attached hydrogens (tertiary/aromatic N) is 2. The molecule has 0 aromatic heterocycles. The van der Waals surface area contributed by atoms with Gasteiger partial charge in [-0.25, -0.2) is 4.79 Å². The highest BCUT2D eigenvalue weighted by atomic mass is 19.4. The number of hydrogen-bond donors (Lipinski definition) is 3. The van der Waals surface area contributed by atoms with Gasteiger partial charge in [-0.3, -0.25) is 9.59 Å². The van der Waals surface area contributed by atoms with Crippen LogP contribution in [0.1, 0.15) is 49.7 Å². The Balaban J connectivity index is 1.65. The molecule has 1 aliphatic heterocycles. The minimum Gasteiger partial charge on any atom is -0.465 e. The monoisotopic (exact) mass is 482 g/mol. The number of nitriles is 1. The lowest BCUT2D eigenvalue weighted by atomic mass is 9.91. The van der Waals surface area contributed by atoms with Crippen molar-refractivity contribution in [2.75, 3.05) is 13.1 Å². The molecule has 1 saturated carbocycles. The Kier molecular flexibility index (Phi) is 7.54. The zero-order chi connectivity index (χ0) is 24.9. The molecular weight excluding hydrogens is 457 g/mol. The average molecular weight is 482 g/mol. The van der Waals surface area contributed by atoms with Crippen molar-refractivity contribution in [2.45, 2.75) is 57.0 Å². The Morgan fingerprint density at radius 3 is 2.56 bits per heavy atom. The quantitative estimate of drug-likeness (QED) is 0.571. The summed E-state index contributed by atoms with van der Waals surface area (Å²) >= 11 is 0. The van der Waals surface area contributed by atoms with Gasteiger partial charge in [0.05, 0.1) is 17.6 Å². The first-order valence-corrected chi connectivity index (χ1v) is 10.9. The summed E-state index contributed by atoms with van der Waals surface area (Å²) in [5, 5.41) is 23.1. The summed E-state index contributed by atoms with van der Waals surface area (Å²) in [6, 6.07) is 5.28. The number of hydrogen-bond acceptors (Lipinski definition) is 5. The summed E-state index contributed by atoms with van der Waals surface area (Å²) < 4.78 is 42.2. The van der Waals surface area contributed by atoms with E-state index in [0.717, 1.165) is 18.9 Å².